The molecule has 2 rings (SSSR count). The average molecular weight is 279 g/mol. The smallest absolute Gasteiger partial charge is 0.223 e. The lowest BCUT2D eigenvalue weighted by molar-refractivity contribution is -0.126. The number of halogens is 1. The molecule has 2 aliphatic rings. The maximum absolute atomic E-state index is 12.1. The number of nitrogens with two attached hydrogens (primary N) is 1. The lowest BCUT2D eigenvalue weighted by atomic mass is 9.95. The molecular weight excluding hydrogens is 256 g/mol. The Labute approximate surface area is 114 Å². The first-order valence-electron chi connectivity index (χ1n) is 6.39. The van der Waals surface area contributed by atoms with Gasteiger partial charge in [0, 0.05) is 12.0 Å². The molecule has 0 aromatic heterocycles. The summed E-state index contributed by atoms with van der Waals surface area (Å²) in [5.74, 6) is 3.27. The largest absolute Gasteiger partial charge is 0.353 e. The molecule has 1 aliphatic carbocycles. The van der Waals surface area contributed by atoms with Gasteiger partial charge in [0.25, 0.3) is 0 Å². The maximum atomic E-state index is 12.1. The summed E-state index contributed by atoms with van der Waals surface area (Å²) in [5.41, 5.74) is 5.71. The summed E-state index contributed by atoms with van der Waals surface area (Å²) in [4.78, 5) is 12.1. The number of hydrogen-bond acceptors (Lipinski definition) is 3. The van der Waals surface area contributed by atoms with Gasteiger partial charge in [-0.3, -0.25) is 4.79 Å². The molecule has 2 fully saturated rings. The second-order valence-electron chi connectivity index (χ2n) is 4.93. The first kappa shape index (κ1) is 15.1. The normalized spacial score (nSPS) is 29.7. The van der Waals surface area contributed by atoms with Crippen LogP contribution in [0.25, 0.3) is 0 Å². The molecule has 1 amide bonds. The van der Waals surface area contributed by atoms with Gasteiger partial charge >= 0.3 is 0 Å². The van der Waals surface area contributed by atoms with Crippen LogP contribution in [-0.4, -0.2) is 30.0 Å². The third kappa shape index (κ3) is 4.04. The fraction of sp³-hybridized carbons (Fsp3) is 0.917. The van der Waals surface area contributed by atoms with Gasteiger partial charge in [-0.2, -0.15) is 11.8 Å². The third-order valence-corrected chi connectivity index (χ3v) is 4.92. The number of carbonyl (C=O) groups excluding carboxylic acids is 1. The molecule has 1 heterocycles. The van der Waals surface area contributed by atoms with E-state index in [0.29, 0.717) is 18.5 Å². The van der Waals surface area contributed by atoms with Crippen molar-refractivity contribution in [2.75, 3.05) is 18.1 Å². The van der Waals surface area contributed by atoms with E-state index < -0.39 is 0 Å². The summed E-state index contributed by atoms with van der Waals surface area (Å²) in [7, 11) is 0. The number of rotatable bonds is 3. The molecule has 0 radical (unpaired) electrons. The summed E-state index contributed by atoms with van der Waals surface area (Å²) < 4.78 is 0. The second-order valence-corrected chi connectivity index (χ2v) is 6.15. The first-order valence-corrected chi connectivity index (χ1v) is 7.55. The standard InChI is InChI=1S/C12H22N2OS.ClH/c13-8-9-2-1-3-11(9)12(15)14-10-4-6-16-7-5-10;/h9-11H,1-8,13H2,(H,14,15);1H/t9-,11-;/m1./s1. The monoisotopic (exact) mass is 278 g/mol. The predicted molar refractivity (Wildman–Crippen MR) is 75.6 cm³/mol. The Morgan fingerprint density at radius 3 is 2.59 bits per heavy atom. The quantitative estimate of drug-likeness (QED) is 0.828. The maximum Gasteiger partial charge on any atom is 0.223 e. The van der Waals surface area contributed by atoms with Crippen LogP contribution in [-0.2, 0) is 4.79 Å². The minimum absolute atomic E-state index is 0. The summed E-state index contributed by atoms with van der Waals surface area (Å²) in [6, 6.07) is 0.424. The lowest BCUT2D eigenvalue weighted by Crippen LogP contribution is -2.42. The van der Waals surface area contributed by atoms with Crippen molar-refractivity contribution >= 4 is 30.1 Å². The molecule has 0 unspecified atom stereocenters. The summed E-state index contributed by atoms with van der Waals surface area (Å²) in [6.07, 6.45) is 5.61. The molecule has 3 nitrogen and oxygen atoms in total. The highest BCUT2D eigenvalue weighted by molar-refractivity contribution is 7.99. The van der Waals surface area contributed by atoms with Gasteiger partial charge < -0.3 is 11.1 Å². The summed E-state index contributed by atoms with van der Waals surface area (Å²) >= 11 is 1.99. The van der Waals surface area contributed by atoms with E-state index in [1.807, 2.05) is 11.8 Å². The Morgan fingerprint density at radius 1 is 1.24 bits per heavy atom. The number of carbonyl (C=O) groups is 1. The fourth-order valence-electron chi connectivity index (χ4n) is 2.81. The van der Waals surface area contributed by atoms with E-state index in [0.717, 1.165) is 25.7 Å². The van der Waals surface area contributed by atoms with E-state index in [9.17, 15) is 4.79 Å². The van der Waals surface area contributed by atoms with Gasteiger partial charge in [-0.25, -0.2) is 0 Å². The molecule has 1 aliphatic heterocycles. The average Bonchev–Trinajstić information content (AvgIpc) is 2.78. The van der Waals surface area contributed by atoms with Gasteiger partial charge in [0.05, 0.1) is 0 Å². The molecular formula is C12H23ClN2OS. The van der Waals surface area contributed by atoms with Crippen LogP contribution in [0.2, 0.25) is 0 Å². The third-order valence-electron chi connectivity index (χ3n) is 3.87. The van der Waals surface area contributed by atoms with Crippen molar-refractivity contribution in [1.29, 1.82) is 0 Å². The van der Waals surface area contributed by atoms with Crippen LogP contribution in [0.3, 0.4) is 0 Å². The second kappa shape index (κ2) is 7.49. The van der Waals surface area contributed by atoms with Gasteiger partial charge in [0.15, 0.2) is 0 Å². The van der Waals surface area contributed by atoms with Gasteiger partial charge in [0.2, 0.25) is 5.91 Å². The number of amides is 1. The van der Waals surface area contributed by atoms with Gasteiger partial charge in [-0.1, -0.05) is 6.42 Å². The van der Waals surface area contributed by atoms with Crippen LogP contribution < -0.4 is 11.1 Å². The SMILES string of the molecule is Cl.NC[C@H]1CCC[C@H]1C(=O)NC1CCSCC1. The van der Waals surface area contributed by atoms with Crippen molar-refractivity contribution in [3.63, 3.8) is 0 Å². The van der Waals surface area contributed by atoms with Crippen molar-refractivity contribution in [2.24, 2.45) is 17.6 Å². The minimum atomic E-state index is 0. The van der Waals surface area contributed by atoms with E-state index in [-0.39, 0.29) is 24.2 Å². The van der Waals surface area contributed by atoms with E-state index >= 15 is 0 Å². The van der Waals surface area contributed by atoms with Crippen molar-refractivity contribution in [3.8, 4) is 0 Å². The highest BCUT2D eigenvalue weighted by Gasteiger charge is 2.32. The molecule has 0 spiro atoms. The molecule has 0 aromatic rings. The van der Waals surface area contributed by atoms with Crippen LogP contribution in [0.1, 0.15) is 32.1 Å². The Hall–Kier alpha value is 0.0700. The zero-order valence-corrected chi connectivity index (χ0v) is 11.8. The molecule has 2 atom stereocenters. The predicted octanol–water partition coefficient (Wildman–Crippen LogP) is 1.79. The molecule has 17 heavy (non-hydrogen) atoms. The van der Waals surface area contributed by atoms with Gasteiger partial charge in [-0.05, 0) is 49.7 Å². The van der Waals surface area contributed by atoms with E-state index in [2.05, 4.69) is 5.32 Å². The summed E-state index contributed by atoms with van der Waals surface area (Å²) in [5, 5.41) is 3.22. The summed E-state index contributed by atoms with van der Waals surface area (Å²) in [6.45, 7) is 0.665. The molecule has 3 N–H and O–H groups in total. The van der Waals surface area contributed by atoms with Gasteiger partial charge in [-0.15, -0.1) is 12.4 Å². The Kier molecular flexibility index (Phi) is 6.67. The Balaban J connectivity index is 0.00000144. The molecule has 0 bridgehead atoms. The van der Waals surface area contributed by atoms with E-state index in [1.165, 1.54) is 17.9 Å². The van der Waals surface area contributed by atoms with Crippen molar-refractivity contribution in [2.45, 2.75) is 38.1 Å². The van der Waals surface area contributed by atoms with Crippen LogP contribution >= 0.6 is 24.2 Å². The molecule has 5 heteroatoms. The zero-order valence-electron chi connectivity index (χ0n) is 10.2. The van der Waals surface area contributed by atoms with Crippen molar-refractivity contribution in [3.05, 3.63) is 0 Å². The zero-order chi connectivity index (χ0) is 11.4. The van der Waals surface area contributed by atoms with Gasteiger partial charge in [0.1, 0.15) is 0 Å². The molecule has 1 saturated heterocycles. The first-order chi connectivity index (χ1) is 7.81. The van der Waals surface area contributed by atoms with Crippen molar-refractivity contribution < 1.29 is 4.79 Å². The van der Waals surface area contributed by atoms with E-state index in [1.54, 1.807) is 0 Å². The fourth-order valence-corrected chi connectivity index (χ4v) is 3.92. The topological polar surface area (TPSA) is 55.1 Å². The van der Waals surface area contributed by atoms with E-state index in [4.69, 9.17) is 5.73 Å². The lowest BCUT2D eigenvalue weighted by Gasteiger charge is -2.25. The molecule has 0 aromatic carbocycles. The number of hydrogen-bond donors (Lipinski definition) is 2. The molecule has 1 saturated carbocycles. The number of nitrogens with one attached hydrogen (secondary N) is 1. The highest BCUT2D eigenvalue weighted by atomic mass is 35.5. The van der Waals surface area contributed by atoms with Crippen LogP contribution in [0.5, 0.6) is 0 Å². The Bertz CT molecular complexity index is 247. The highest BCUT2D eigenvalue weighted by Crippen LogP contribution is 2.31. The Morgan fingerprint density at radius 2 is 1.94 bits per heavy atom. The number of thioether (sulfide) groups is 1. The van der Waals surface area contributed by atoms with Crippen LogP contribution in [0.4, 0.5) is 0 Å². The van der Waals surface area contributed by atoms with Crippen LogP contribution in [0.15, 0.2) is 0 Å². The van der Waals surface area contributed by atoms with Crippen molar-refractivity contribution in [1.82, 2.24) is 5.32 Å². The van der Waals surface area contributed by atoms with Crippen LogP contribution in [0, 0.1) is 11.8 Å². The minimum Gasteiger partial charge on any atom is -0.353 e. The molecule has 100 valence electrons.